The van der Waals surface area contributed by atoms with E-state index in [2.05, 4.69) is 13.8 Å². The van der Waals surface area contributed by atoms with Crippen LogP contribution in [0.2, 0.25) is 0 Å². The lowest BCUT2D eigenvalue weighted by atomic mass is 10.0. The fourth-order valence-corrected chi connectivity index (χ4v) is 1.42. The van der Waals surface area contributed by atoms with E-state index in [4.69, 9.17) is 0 Å². The van der Waals surface area contributed by atoms with Crippen LogP contribution in [-0.4, -0.2) is 0 Å². The largest absolute Gasteiger partial charge is 0.207 e. The van der Waals surface area contributed by atoms with E-state index in [1.165, 1.54) is 12.1 Å². The predicted octanol–water partition coefficient (Wildman–Crippen LogP) is 6.11. The average Bonchev–Trinajstić information content (AvgIpc) is 2.45. The first kappa shape index (κ1) is 18.3. The van der Waals surface area contributed by atoms with Gasteiger partial charge in [-0.15, -0.1) is 0 Å². The van der Waals surface area contributed by atoms with Crippen LogP contribution >= 0.6 is 0 Å². The van der Waals surface area contributed by atoms with Gasteiger partial charge in [0.1, 0.15) is 11.6 Å². The minimum absolute atomic E-state index is 0.132. The maximum Gasteiger partial charge on any atom is 0.126 e. The summed E-state index contributed by atoms with van der Waals surface area (Å²) in [6.07, 6.45) is 0. The molecule has 0 saturated heterocycles. The zero-order chi connectivity index (χ0) is 15.5. The second kappa shape index (κ2) is 10.1. The van der Waals surface area contributed by atoms with Crippen molar-refractivity contribution in [2.45, 2.75) is 40.5 Å². The monoisotopic (exact) mass is 278 g/mol. The van der Waals surface area contributed by atoms with Gasteiger partial charge in [0, 0.05) is 0 Å². The zero-order valence-electron chi connectivity index (χ0n) is 13.0. The Labute approximate surface area is 121 Å². The van der Waals surface area contributed by atoms with Crippen molar-refractivity contribution in [1.82, 2.24) is 0 Å². The van der Waals surface area contributed by atoms with Gasteiger partial charge in [-0.2, -0.15) is 0 Å². The number of halogens is 2. The SMILES string of the molecule is CC.CC(C)c1cccc(F)c1.Cc1ccccc1F. The maximum atomic E-state index is 12.5. The molecule has 0 N–H and O–H groups in total. The van der Waals surface area contributed by atoms with Crippen molar-refractivity contribution in [1.29, 1.82) is 0 Å². The summed E-state index contributed by atoms with van der Waals surface area (Å²) in [5, 5.41) is 0. The van der Waals surface area contributed by atoms with Gasteiger partial charge in [0.05, 0.1) is 0 Å². The molecule has 0 nitrogen and oxygen atoms in total. The highest BCUT2D eigenvalue weighted by atomic mass is 19.1. The molecular weight excluding hydrogens is 254 g/mol. The molecule has 2 rings (SSSR count). The van der Waals surface area contributed by atoms with E-state index in [0.29, 0.717) is 11.5 Å². The Bertz CT molecular complexity index is 469. The van der Waals surface area contributed by atoms with Crippen LogP contribution in [0.15, 0.2) is 48.5 Å². The minimum atomic E-state index is -0.147. The van der Waals surface area contributed by atoms with Crippen LogP contribution in [0, 0.1) is 18.6 Å². The third kappa shape index (κ3) is 7.03. The number of benzene rings is 2. The number of aryl methyl sites for hydroxylation is 1. The highest BCUT2D eigenvalue weighted by Gasteiger charge is 1.97. The Balaban J connectivity index is 0.000000327. The van der Waals surface area contributed by atoms with Crippen molar-refractivity contribution in [3.05, 3.63) is 71.3 Å². The number of hydrogen-bond acceptors (Lipinski definition) is 0. The van der Waals surface area contributed by atoms with E-state index < -0.39 is 0 Å². The third-order valence-electron chi connectivity index (χ3n) is 2.59. The molecule has 0 atom stereocenters. The highest BCUT2D eigenvalue weighted by molar-refractivity contribution is 5.19. The van der Waals surface area contributed by atoms with Crippen LogP contribution in [0.5, 0.6) is 0 Å². The van der Waals surface area contributed by atoms with Gasteiger partial charge in [-0.1, -0.05) is 58.0 Å². The lowest BCUT2D eigenvalue weighted by Gasteiger charge is -2.02. The summed E-state index contributed by atoms with van der Waals surface area (Å²) < 4.78 is 24.8. The van der Waals surface area contributed by atoms with Crippen LogP contribution in [0.1, 0.15) is 44.7 Å². The topological polar surface area (TPSA) is 0 Å². The quantitative estimate of drug-likeness (QED) is 0.590. The molecular formula is C18H24F2. The van der Waals surface area contributed by atoms with Gasteiger partial charge >= 0.3 is 0 Å². The smallest absolute Gasteiger partial charge is 0.126 e. The molecule has 2 aromatic rings. The number of rotatable bonds is 1. The van der Waals surface area contributed by atoms with Gasteiger partial charge in [0.15, 0.2) is 0 Å². The molecule has 2 heteroatoms. The molecule has 0 spiro atoms. The molecule has 0 heterocycles. The standard InChI is InChI=1S/C9H11F.C7H7F.C2H6/c1-7(2)8-4-3-5-9(10)6-8;1-6-4-2-3-5-7(6)8;1-2/h3-7H,1-2H3;2-5H,1H3;1-2H3. The lowest BCUT2D eigenvalue weighted by molar-refractivity contribution is 0.618. The van der Waals surface area contributed by atoms with Gasteiger partial charge in [-0.05, 0) is 42.2 Å². The molecule has 0 aromatic heterocycles. The fourth-order valence-electron chi connectivity index (χ4n) is 1.42. The van der Waals surface area contributed by atoms with E-state index in [-0.39, 0.29) is 11.6 Å². The summed E-state index contributed by atoms with van der Waals surface area (Å²) in [5.74, 6) is 0.134. The summed E-state index contributed by atoms with van der Waals surface area (Å²) in [6, 6.07) is 13.4. The normalized spacial score (nSPS) is 9.20. The Morgan fingerprint density at radius 1 is 0.850 bits per heavy atom. The molecule has 110 valence electrons. The minimum Gasteiger partial charge on any atom is -0.207 e. The fraction of sp³-hybridized carbons (Fsp3) is 0.333. The van der Waals surface area contributed by atoms with Crippen molar-refractivity contribution in [2.75, 3.05) is 0 Å². The second-order valence-corrected chi connectivity index (χ2v) is 4.46. The van der Waals surface area contributed by atoms with Crippen LogP contribution in [0.4, 0.5) is 8.78 Å². The summed E-state index contributed by atoms with van der Waals surface area (Å²) >= 11 is 0. The van der Waals surface area contributed by atoms with E-state index in [9.17, 15) is 8.78 Å². The Kier molecular flexibility index (Phi) is 9.27. The second-order valence-electron chi connectivity index (χ2n) is 4.46. The first-order valence-electron chi connectivity index (χ1n) is 6.97. The van der Waals surface area contributed by atoms with Gasteiger partial charge in [0.25, 0.3) is 0 Å². The van der Waals surface area contributed by atoms with Crippen LogP contribution < -0.4 is 0 Å². The molecule has 0 aliphatic carbocycles. The lowest BCUT2D eigenvalue weighted by Crippen LogP contribution is -1.86. The van der Waals surface area contributed by atoms with Gasteiger partial charge in [-0.3, -0.25) is 0 Å². The first-order chi connectivity index (χ1) is 9.50. The van der Waals surface area contributed by atoms with E-state index in [0.717, 1.165) is 5.56 Å². The Hall–Kier alpha value is -1.70. The predicted molar refractivity (Wildman–Crippen MR) is 83.0 cm³/mol. The first-order valence-corrected chi connectivity index (χ1v) is 6.97. The third-order valence-corrected chi connectivity index (χ3v) is 2.59. The Morgan fingerprint density at radius 2 is 1.45 bits per heavy atom. The van der Waals surface area contributed by atoms with Crippen molar-refractivity contribution >= 4 is 0 Å². The van der Waals surface area contributed by atoms with Gasteiger partial charge in [-0.25, -0.2) is 8.78 Å². The van der Waals surface area contributed by atoms with E-state index in [1.54, 1.807) is 31.2 Å². The highest BCUT2D eigenvalue weighted by Crippen LogP contribution is 2.14. The van der Waals surface area contributed by atoms with Crippen LogP contribution in [0.3, 0.4) is 0 Å². The van der Waals surface area contributed by atoms with Gasteiger partial charge in [0.2, 0.25) is 0 Å². The van der Waals surface area contributed by atoms with Gasteiger partial charge < -0.3 is 0 Å². The molecule has 0 aliphatic rings. The van der Waals surface area contributed by atoms with E-state index in [1.807, 2.05) is 26.0 Å². The molecule has 0 unspecified atom stereocenters. The molecule has 2 aromatic carbocycles. The summed E-state index contributed by atoms with van der Waals surface area (Å²) in [6.45, 7) is 9.85. The molecule has 0 bridgehead atoms. The molecule has 20 heavy (non-hydrogen) atoms. The van der Waals surface area contributed by atoms with Crippen LogP contribution in [-0.2, 0) is 0 Å². The maximum absolute atomic E-state index is 12.5. The Morgan fingerprint density at radius 3 is 1.80 bits per heavy atom. The molecule has 0 radical (unpaired) electrons. The molecule has 0 saturated carbocycles. The molecule has 0 amide bonds. The van der Waals surface area contributed by atoms with Crippen molar-refractivity contribution in [2.24, 2.45) is 0 Å². The van der Waals surface area contributed by atoms with Crippen molar-refractivity contribution < 1.29 is 8.78 Å². The van der Waals surface area contributed by atoms with Crippen molar-refractivity contribution in [3.8, 4) is 0 Å². The van der Waals surface area contributed by atoms with Crippen molar-refractivity contribution in [3.63, 3.8) is 0 Å². The van der Waals surface area contributed by atoms with E-state index >= 15 is 0 Å². The van der Waals surface area contributed by atoms with Crippen LogP contribution in [0.25, 0.3) is 0 Å². The molecule has 0 aliphatic heterocycles. The summed E-state index contributed by atoms with van der Waals surface area (Å²) in [4.78, 5) is 0. The average molecular weight is 278 g/mol. The summed E-state index contributed by atoms with van der Waals surface area (Å²) in [5.41, 5.74) is 1.76. The number of hydrogen-bond donors (Lipinski definition) is 0. The summed E-state index contributed by atoms with van der Waals surface area (Å²) in [7, 11) is 0. The molecule has 0 fully saturated rings. The zero-order valence-corrected chi connectivity index (χ0v) is 13.0.